The second-order valence-corrected chi connectivity index (χ2v) is 6.27. The van der Waals surface area contributed by atoms with E-state index in [0.29, 0.717) is 5.25 Å². The highest BCUT2D eigenvalue weighted by Crippen LogP contribution is 2.36. The zero-order valence-corrected chi connectivity index (χ0v) is 11.6. The molecule has 0 N–H and O–H groups in total. The molecule has 0 spiro atoms. The maximum Gasteiger partial charge on any atom is 0.248 e. The first kappa shape index (κ1) is 12.9. The smallest absolute Gasteiger partial charge is 0.248 e. The van der Waals surface area contributed by atoms with Gasteiger partial charge in [0.15, 0.2) is 0 Å². The SMILES string of the molecule is COCC(=O)N1CCSC(c2cccs2)CC1. The number of thioether (sulfide) groups is 1. The zero-order valence-electron chi connectivity index (χ0n) is 9.93. The van der Waals surface area contributed by atoms with E-state index in [4.69, 9.17) is 4.74 Å². The highest BCUT2D eigenvalue weighted by atomic mass is 32.2. The van der Waals surface area contributed by atoms with Gasteiger partial charge in [0.05, 0.1) is 0 Å². The van der Waals surface area contributed by atoms with Crippen molar-refractivity contribution in [1.29, 1.82) is 0 Å². The lowest BCUT2D eigenvalue weighted by Gasteiger charge is -2.19. The summed E-state index contributed by atoms with van der Waals surface area (Å²) in [6, 6.07) is 4.29. The van der Waals surface area contributed by atoms with E-state index in [-0.39, 0.29) is 12.5 Å². The first-order valence-electron chi connectivity index (χ1n) is 5.73. The molecule has 0 aromatic carbocycles. The minimum atomic E-state index is 0.111. The van der Waals surface area contributed by atoms with Crippen molar-refractivity contribution in [2.45, 2.75) is 11.7 Å². The first-order valence-corrected chi connectivity index (χ1v) is 7.66. The minimum absolute atomic E-state index is 0.111. The molecule has 5 heteroatoms. The number of carbonyl (C=O) groups is 1. The third-order valence-corrected chi connectivity index (χ3v) is 5.27. The maximum absolute atomic E-state index is 11.7. The molecule has 1 aliphatic heterocycles. The van der Waals surface area contributed by atoms with Crippen LogP contribution in [0.3, 0.4) is 0 Å². The van der Waals surface area contributed by atoms with Gasteiger partial charge < -0.3 is 9.64 Å². The van der Waals surface area contributed by atoms with Crippen molar-refractivity contribution >= 4 is 29.0 Å². The molecule has 0 radical (unpaired) electrons. The summed E-state index contributed by atoms with van der Waals surface area (Å²) in [6.45, 7) is 1.89. The zero-order chi connectivity index (χ0) is 12.1. The van der Waals surface area contributed by atoms with Crippen LogP contribution < -0.4 is 0 Å². The Morgan fingerprint density at radius 3 is 3.18 bits per heavy atom. The predicted molar refractivity (Wildman–Crippen MR) is 72.6 cm³/mol. The Labute approximate surface area is 110 Å². The van der Waals surface area contributed by atoms with Gasteiger partial charge in [-0.1, -0.05) is 6.07 Å². The lowest BCUT2D eigenvalue weighted by molar-refractivity contribution is -0.134. The van der Waals surface area contributed by atoms with E-state index in [0.717, 1.165) is 25.3 Å². The number of amides is 1. The van der Waals surface area contributed by atoms with E-state index in [1.807, 2.05) is 28.0 Å². The van der Waals surface area contributed by atoms with Gasteiger partial charge in [0.25, 0.3) is 0 Å². The monoisotopic (exact) mass is 271 g/mol. The molecule has 0 bridgehead atoms. The molecular formula is C12H17NO2S2. The van der Waals surface area contributed by atoms with Crippen LogP contribution in [-0.2, 0) is 9.53 Å². The summed E-state index contributed by atoms with van der Waals surface area (Å²) in [4.78, 5) is 15.1. The summed E-state index contributed by atoms with van der Waals surface area (Å²) in [5.41, 5.74) is 0. The van der Waals surface area contributed by atoms with Crippen LogP contribution in [0, 0.1) is 0 Å². The number of ether oxygens (including phenoxy) is 1. The highest BCUT2D eigenvalue weighted by Gasteiger charge is 2.22. The second kappa shape index (κ2) is 6.42. The van der Waals surface area contributed by atoms with Crippen molar-refractivity contribution in [2.75, 3.05) is 32.6 Å². The topological polar surface area (TPSA) is 29.5 Å². The Bertz CT molecular complexity index is 353. The van der Waals surface area contributed by atoms with Crippen LogP contribution in [0.4, 0.5) is 0 Å². The third-order valence-electron chi connectivity index (χ3n) is 2.82. The molecule has 1 unspecified atom stereocenters. The van der Waals surface area contributed by atoms with E-state index < -0.39 is 0 Å². The Kier molecular flexibility index (Phi) is 4.88. The number of methoxy groups -OCH3 is 1. The van der Waals surface area contributed by atoms with Gasteiger partial charge in [-0.2, -0.15) is 11.8 Å². The third kappa shape index (κ3) is 3.47. The van der Waals surface area contributed by atoms with Crippen LogP contribution in [0.5, 0.6) is 0 Å². The number of hydrogen-bond acceptors (Lipinski definition) is 4. The number of thiophene rings is 1. The second-order valence-electron chi connectivity index (χ2n) is 3.98. The van der Waals surface area contributed by atoms with Crippen molar-refractivity contribution in [2.24, 2.45) is 0 Å². The van der Waals surface area contributed by atoms with E-state index in [1.54, 1.807) is 7.11 Å². The van der Waals surface area contributed by atoms with Gasteiger partial charge in [-0.15, -0.1) is 11.3 Å². The summed E-state index contributed by atoms with van der Waals surface area (Å²) in [7, 11) is 1.57. The lowest BCUT2D eigenvalue weighted by atomic mass is 10.2. The molecule has 2 rings (SSSR count). The quantitative estimate of drug-likeness (QED) is 0.845. The summed E-state index contributed by atoms with van der Waals surface area (Å²) in [6.07, 6.45) is 1.04. The van der Waals surface area contributed by atoms with Crippen LogP contribution >= 0.6 is 23.1 Å². The molecule has 1 amide bonds. The largest absolute Gasteiger partial charge is 0.375 e. The molecule has 17 heavy (non-hydrogen) atoms. The van der Waals surface area contributed by atoms with Gasteiger partial charge in [-0.3, -0.25) is 4.79 Å². The van der Waals surface area contributed by atoms with Crippen LogP contribution in [0.25, 0.3) is 0 Å². The van der Waals surface area contributed by atoms with Crippen LogP contribution in [0.15, 0.2) is 17.5 Å². The van der Waals surface area contributed by atoms with Crippen LogP contribution in [0.1, 0.15) is 16.5 Å². The van der Waals surface area contributed by atoms with Gasteiger partial charge >= 0.3 is 0 Å². The van der Waals surface area contributed by atoms with Crippen molar-refractivity contribution in [3.8, 4) is 0 Å². The van der Waals surface area contributed by atoms with E-state index in [9.17, 15) is 4.79 Å². The van der Waals surface area contributed by atoms with Crippen LogP contribution in [0.2, 0.25) is 0 Å². The Morgan fingerprint density at radius 1 is 1.59 bits per heavy atom. The van der Waals surface area contributed by atoms with E-state index >= 15 is 0 Å². The minimum Gasteiger partial charge on any atom is -0.375 e. The molecule has 2 heterocycles. The lowest BCUT2D eigenvalue weighted by Crippen LogP contribution is -2.35. The number of nitrogens with zero attached hydrogens (tertiary/aromatic N) is 1. The average Bonchev–Trinajstić information content (AvgIpc) is 2.74. The van der Waals surface area contributed by atoms with Crippen molar-refractivity contribution < 1.29 is 9.53 Å². The standard InChI is InChI=1S/C12H17NO2S2/c1-15-9-12(14)13-5-4-11(17-8-6-13)10-3-2-7-16-10/h2-3,7,11H,4-6,8-9H2,1H3. The number of carbonyl (C=O) groups excluding carboxylic acids is 1. The van der Waals surface area contributed by atoms with E-state index in [2.05, 4.69) is 17.5 Å². The summed E-state index contributed by atoms with van der Waals surface area (Å²) >= 11 is 3.77. The molecule has 1 aromatic rings. The van der Waals surface area contributed by atoms with Gasteiger partial charge in [0.1, 0.15) is 6.61 Å². The fourth-order valence-corrected chi connectivity index (χ4v) is 4.17. The average molecular weight is 271 g/mol. The van der Waals surface area contributed by atoms with Gasteiger partial charge in [0.2, 0.25) is 5.91 Å². The molecule has 1 fully saturated rings. The first-order chi connectivity index (χ1) is 8.31. The van der Waals surface area contributed by atoms with E-state index in [1.165, 1.54) is 4.88 Å². The summed E-state index contributed by atoms with van der Waals surface area (Å²) < 4.78 is 4.90. The maximum atomic E-state index is 11.7. The molecule has 1 saturated heterocycles. The summed E-state index contributed by atoms with van der Waals surface area (Å²) in [5, 5.41) is 2.67. The fourth-order valence-electron chi connectivity index (χ4n) is 1.94. The summed E-state index contributed by atoms with van der Waals surface area (Å²) in [5.74, 6) is 1.12. The van der Waals surface area contributed by atoms with Gasteiger partial charge in [-0.25, -0.2) is 0 Å². The Hall–Kier alpha value is -0.520. The molecule has 1 atom stereocenters. The Morgan fingerprint density at radius 2 is 2.47 bits per heavy atom. The van der Waals surface area contributed by atoms with Gasteiger partial charge in [-0.05, 0) is 17.9 Å². The molecule has 3 nitrogen and oxygen atoms in total. The number of rotatable bonds is 3. The molecule has 1 aliphatic rings. The molecule has 1 aromatic heterocycles. The molecule has 0 saturated carbocycles. The van der Waals surface area contributed by atoms with Crippen LogP contribution in [-0.4, -0.2) is 43.4 Å². The van der Waals surface area contributed by atoms with Crippen molar-refractivity contribution in [3.63, 3.8) is 0 Å². The van der Waals surface area contributed by atoms with Crippen molar-refractivity contribution in [1.82, 2.24) is 4.90 Å². The normalized spacial score (nSPS) is 21.2. The molecular weight excluding hydrogens is 254 g/mol. The fraction of sp³-hybridized carbons (Fsp3) is 0.583. The molecule has 0 aliphatic carbocycles. The highest BCUT2D eigenvalue weighted by molar-refractivity contribution is 7.99. The van der Waals surface area contributed by atoms with Gasteiger partial charge in [0, 0.05) is 36.1 Å². The van der Waals surface area contributed by atoms with Crippen molar-refractivity contribution in [3.05, 3.63) is 22.4 Å². The Balaban J connectivity index is 1.91. The number of hydrogen-bond donors (Lipinski definition) is 0. The predicted octanol–water partition coefficient (Wildman–Crippen LogP) is 2.40. The molecule has 94 valence electrons.